The van der Waals surface area contributed by atoms with E-state index in [2.05, 4.69) is 20.7 Å². The molecule has 2 amide bonds. The Hall–Kier alpha value is -2.79. The van der Waals surface area contributed by atoms with E-state index in [9.17, 15) is 14.7 Å². The highest BCUT2D eigenvalue weighted by atomic mass is 35.5. The van der Waals surface area contributed by atoms with Crippen molar-refractivity contribution in [1.82, 2.24) is 20.1 Å². The summed E-state index contributed by atoms with van der Waals surface area (Å²) in [6.07, 6.45) is 1.56. The van der Waals surface area contributed by atoms with Gasteiger partial charge in [-0.2, -0.15) is 11.8 Å². The second-order valence-electron chi connectivity index (χ2n) is 8.96. The van der Waals surface area contributed by atoms with Crippen LogP contribution in [0.15, 0.2) is 36.5 Å². The average Bonchev–Trinajstić information content (AvgIpc) is 3.21. The lowest BCUT2D eigenvalue weighted by Gasteiger charge is -2.24. The molecule has 0 bridgehead atoms. The maximum absolute atomic E-state index is 13.5. The van der Waals surface area contributed by atoms with Gasteiger partial charge >= 0.3 is 0 Å². The van der Waals surface area contributed by atoms with Crippen LogP contribution >= 0.6 is 35.0 Å². The molecule has 9 nitrogen and oxygen atoms in total. The predicted octanol–water partition coefficient (Wildman–Crippen LogP) is 4.13. The largest absolute Gasteiger partial charge is 0.472 e. The molecule has 1 fully saturated rings. The smallest absolute Gasteiger partial charge is 0.274 e. The standard InChI is InChI=1S/C24H25Cl2N5O4S/c1-13-7-14(25)8-16(22(33)29-24(2,3)12-32)20(13)28-23(34)18-9-19(35-15-10-36-11-15)30-31(18)21-17(26)5-4-6-27-21/h4-9,15,32H,10-12H2,1-3H3,(H,28,34)(H,29,33). The molecule has 2 aromatic heterocycles. The molecule has 0 spiro atoms. The molecule has 0 radical (unpaired) electrons. The lowest BCUT2D eigenvalue weighted by Crippen LogP contribution is -2.46. The van der Waals surface area contributed by atoms with Crippen LogP contribution < -0.4 is 15.4 Å². The molecule has 0 aliphatic carbocycles. The summed E-state index contributed by atoms with van der Waals surface area (Å²) in [5.41, 5.74) is 0.240. The van der Waals surface area contributed by atoms with Gasteiger partial charge in [0, 0.05) is 28.8 Å². The van der Waals surface area contributed by atoms with Crippen LogP contribution in [0.1, 0.15) is 40.3 Å². The van der Waals surface area contributed by atoms with Gasteiger partial charge in [0.1, 0.15) is 11.8 Å². The molecule has 3 N–H and O–H groups in total. The first-order valence-corrected chi connectivity index (χ1v) is 13.0. The Morgan fingerprint density at radius 2 is 2.00 bits per heavy atom. The van der Waals surface area contributed by atoms with E-state index >= 15 is 0 Å². The monoisotopic (exact) mass is 549 g/mol. The number of nitrogens with zero attached hydrogens (tertiary/aromatic N) is 3. The molecule has 12 heteroatoms. The third kappa shape index (κ3) is 5.78. The number of aliphatic hydroxyl groups is 1. The van der Waals surface area contributed by atoms with Gasteiger partial charge in [-0.05, 0) is 50.6 Å². The van der Waals surface area contributed by atoms with Crippen molar-refractivity contribution >= 4 is 52.5 Å². The number of pyridine rings is 1. The zero-order valence-corrected chi connectivity index (χ0v) is 22.2. The van der Waals surface area contributed by atoms with Crippen molar-refractivity contribution in [2.45, 2.75) is 32.4 Å². The Morgan fingerprint density at radius 1 is 1.25 bits per heavy atom. The normalized spacial score (nSPS) is 13.7. The third-order valence-electron chi connectivity index (χ3n) is 5.38. The van der Waals surface area contributed by atoms with Crippen molar-refractivity contribution in [2.75, 3.05) is 23.4 Å². The molecule has 36 heavy (non-hydrogen) atoms. The molecule has 0 atom stereocenters. The second-order valence-corrected chi connectivity index (χ2v) is 10.9. The molecule has 1 aliphatic heterocycles. The fraction of sp³-hybridized carbons (Fsp3) is 0.333. The number of carbonyl (C=O) groups is 2. The van der Waals surface area contributed by atoms with Crippen molar-refractivity contribution in [2.24, 2.45) is 0 Å². The minimum Gasteiger partial charge on any atom is -0.472 e. The van der Waals surface area contributed by atoms with E-state index in [1.165, 1.54) is 16.8 Å². The molecule has 1 aliphatic rings. The number of amides is 2. The number of nitrogens with one attached hydrogen (secondary N) is 2. The number of hydrogen-bond donors (Lipinski definition) is 3. The summed E-state index contributed by atoms with van der Waals surface area (Å²) in [5, 5.41) is 20.2. The first kappa shape index (κ1) is 26.3. The number of carbonyl (C=O) groups excluding carboxylic acids is 2. The van der Waals surface area contributed by atoms with Crippen molar-refractivity contribution in [3.63, 3.8) is 0 Å². The average molecular weight is 550 g/mol. The van der Waals surface area contributed by atoms with E-state index in [4.69, 9.17) is 27.9 Å². The van der Waals surface area contributed by atoms with E-state index in [1.54, 1.807) is 56.9 Å². The van der Waals surface area contributed by atoms with Crippen LogP contribution in [0.3, 0.4) is 0 Å². The van der Waals surface area contributed by atoms with Crippen LogP contribution in [0.25, 0.3) is 5.82 Å². The quantitative estimate of drug-likeness (QED) is 0.386. The molecule has 4 rings (SSSR count). The van der Waals surface area contributed by atoms with Gasteiger partial charge in [0.2, 0.25) is 5.88 Å². The van der Waals surface area contributed by atoms with Crippen LogP contribution in [0.4, 0.5) is 5.69 Å². The van der Waals surface area contributed by atoms with Crippen molar-refractivity contribution in [3.05, 3.63) is 63.4 Å². The zero-order chi connectivity index (χ0) is 26.0. The highest BCUT2D eigenvalue weighted by Crippen LogP contribution is 2.29. The minimum absolute atomic E-state index is 0.0113. The topological polar surface area (TPSA) is 118 Å². The molecule has 190 valence electrons. The first-order chi connectivity index (χ1) is 17.1. The number of hydrogen-bond acceptors (Lipinski definition) is 7. The van der Waals surface area contributed by atoms with Gasteiger partial charge < -0.3 is 20.5 Å². The minimum atomic E-state index is -0.880. The summed E-state index contributed by atoms with van der Waals surface area (Å²) in [4.78, 5) is 30.9. The maximum atomic E-state index is 13.5. The lowest BCUT2D eigenvalue weighted by molar-refractivity contribution is 0.0870. The summed E-state index contributed by atoms with van der Waals surface area (Å²) in [7, 11) is 0. The number of benzene rings is 1. The van der Waals surface area contributed by atoms with Crippen LogP contribution in [0.5, 0.6) is 5.88 Å². The molecular formula is C24H25Cl2N5O4S. The van der Waals surface area contributed by atoms with E-state index in [1.807, 2.05) is 0 Å². The van der Waals surface area contributed by atoms with Crippen molar-refractivity contribution in [1.29, 1.82) is 0 Å². The van der Waals surface area contributed by atoms with Crippen LogP contribution in [0.2, 0.25) is 10.0 Å². The molecule has 0 saturated carbocycles. The number of aliphatic hydroxyl groups excluding tert-OH is 1. The van der Waals surface area contributed by atoms with E-state index in [-0.39, 0.29) is 41.4 Å². The predicted molar refractivity (Wildman–Crippen MR) is 141 cm³/mol. The number of thioether (sulfide) groups is 1. The Bertz CT molecular complexity index is 1310. The van der Waals surface area contributed by atoms with Gasteiger partial charge in [-0.3, -0.25) is 9.59 Å². The van der Waals surface area contributed by atoms with Gasteiger partial charge in [-0.25, -0.2) is 9.67 Å². The molecule has 3 aromatic rings. The molecule has 3 heterocycles. The van der Waals surface area contributed by atoms with Gasteiger partial charge in [-0.15, -0.1) is 5.10 Å². The summed E-state index contributed by atoms with van der Waals surface area (Å²) >= 11 is 14.3. The number of aromatic nitrogens is 3. The van der Waals surface area contributed by atoms with Crippen LogP contribution in [0, 0.1) is 6.92 Å². The third-order valence-corrected chi connectivity index (χ3v) is 7.11. The highest BCUT2D eigenvalue weighted by Gasteiger charge is 2.27. The second kappa shape index (κ2) is 10.7. The van der Waals surface area contributed by atoms with Crippen LogP contribution in [-0.2, 0) is 0 Å². The number of anilines is 1. The van der Waals surface area contributed by atoms with E-state index in [0.29, 0.717) is 15.6 Å². The number of halogens is 2. The molecular weight excluding hydrogens is 525 g/mol. The van der Waals surface area contributed by atoms with E-state index in [0.717, 1.165) is 11.5 Å². The number of aryl methyl sites for hydroxylation is 1. The Kier molecular flexibility index (Phi) is 7.79. The van der Waals surface area contributed by atoms with E-state index < -0.39 is 17.4 Å². The molecule has 0 unspecified atom stereocenters. The number of ether oxygens (including phenoxy) is 1. The fourth-order valence-corrected chi connectivity index (χ4v) is 4.44. The lowest BCUT2D eigenvalue weighted by atomic mass is 10.0. The van der Waals surface area contributed by atoms with Gasteiger partial charge in [0.05, 0.1) is 28.4 Å². The van der Waals surface area contributed by atoms with Crippen LogP contribution in [-0.4, -0.2) is 61.4 Å². The summed E-state index contributed by atoms with van der Waals surface area (Å²) in [5.74, 6) is 1.16. The first-order valence-electron chi connectivity index (χ1n) is 11.1. The van der Waals surface area contributed by atoms with Crippen molar-refractivity contribution < 1.29 is 19.4 Å². The maximum Gasteiger partial charge on any atom is 0.274 e. The molecule has 1 aromatic carbocycles. The van der Waals surface area contributed by atoms with Crippen molar-refractivity contribution in [3.8, 4) is 11.7 Å². The summed E-state index contributed by atoms with van der Waals surface area (Å²) in [6, 6.07) is 7.94. The Labute approximate surface area is 222 Å². The van der Waals surface area contributed by atoms with Gasteiger partial charge in [0.15, 0.2) is 5.82 Å². The van der Waals surface area contributed by atoms with Gasteiger partial charge in [-0.1, -0.05) is 23.2 Å². The Balaban J connectivity index is 1.71. The SMILES string of the molecule is Cc1cc(Cl)cc(C(=O)NC(C)(C)CO)c1NC(=O)c1cc(OC2CSC2)nn1-c1ncccc1Cl. The summed E-state index contributed by atoms with van der Waals surface area (Å²) < 4.78 is 7.21. The zero-order valence-electron chi connectivity index (χ0n) is 19.8. The molecule has 1 saturated heterocycles. The Morgan fingerprint density at radius 3 is 2.64 bits per heavy atom. The summed E-state index contributed by atoms with van der Waals surface area (Å²) in [6.45, 7) is 4.81. The highest BCUT2D eigenvalue weighted by molar-refractivity contribution is 8.00. The number of rotatable bonds is 8. The fourth-order valence-electron chi connectivity index (χ4n) is 3.41. The van der Waals surface area contributed by atoms with Gasteiger partial charge in [0.25, 0.3) is 11.8 Å².